The van der Waals surface area contributed by atoms with Crippen molar-refractivity contribution < 1.29 is 4.79 Å². The molecular weight excluding hydrogens is 414 g/mol. The molecule has 0 saturated carbocycles. The van der Waals surface area contributed by atoms with Crippen molar-refractivity contribution in [3.8, 4) is 0 Å². The predicted molar refractivity (Wildman–Crippen MR) is 128 cm³/mol. The minimum absolute atomic E-state index is 0.0366. The summed E-state index contributed by atoms with van der Waals surface area (Å²) in [6.45, 7) is 8.33. The van der Waals surface area contributed by atoms with Crippen molar-refractivity contribution in [2.45, 2.75) is 24.2 Å². The number of aromatic nitrogens is 2. The van der Waals surface area contributed by atoms with E-state index in [0.717, 1.165) is 26.5 Å². The Balaban J connectivity index is 1.62. The standard InChI is InChI=1S/C22H25N5OS2/c1-4-14-23-21-25-26-22(30-21)29-15-20(28)27(16(2)3)19-12-10-18(11-13-19)24-17-8-6-5-7-9-17/h4-13,16,24H,1,14-15H2,2-3H3,(H,23,25). The molecule has 0 spiro atoms. The Kier molecular flexibility index (Phi) is 7.87. The van der Waals surface area contributed by atoms with E-state index in [1.165, 1.54) is 23.1 Å². The zero-order valence-electron chi connectivity index (χ0n) is 17.0. The summed E-state index contributed by atoms with van der Waals surface area (Å²) in [5.74, 6) is 0.340. The molecule has 6 nitrogen and oxygen atoms in total. The summed E-state index contributed by atoms with van der Waals surface area (Å²) in [6, 6.07) is 18.0. The van der Waals surface area contributed by atoms with Crippen LogP contribution >= 0.6 is 23.1 Å². The molecular formula is C22H25N5OS2. The molecule has 0 aliphatic rings. The number of hydrogen-bond donors (Lipinski definition) is 2. The molecule has 0 atom stereocenters. The molecule has 1 aromatic heterocycles. The summed E-state index contributed by atoms with van der Waals surface area (Å²) in [6.07, 6.45) is 1.76. The van der Waals surface area contributed by atoms with Gasteiger partial charge in [-0.3, -0.25) is 4.79 Å². The maximum atomic E-state index is 12.9. The van der Waals surface area contributed by atoms with E-state index in [2.05, 4.69) is 27.4 Å². The summed E-state index contributed by atoms with van der Waals surface area (Å²) in [5.41, 5.74) is 2.88. The van der Waals surface area contributed by atoms with Crippen LogP contribution in [0.3, 0.4) is 0 Å². The van der Waals surface area contributed by atoms with Gasteiger partial charge in [-0.2, -0.15) is 0 Å². The molecule has 0 aliphatic heterocycles. The molecule has 0 saturated heterocycles. The number of hydrogen-bond acceptors (Lipinski definition) is 7. The average molecular weight is 440 g/mol. The largest absolute Gasteiger partial charge is 0.357 e. The van der Waals surface area contributed by atoms with Gasteiger partial charge in [-0.05, 0) is 50.2 Å². The SMILES string of the molecule is C=CCNc1nnc(SCC(=O)N(c2ccc(Nc3ccccc3)cc2)C(C)C)s1. The van der Waals surface area contributed by atoms with E-state index in [1.807, 2.05) is 73.3 Å². The second-order valence-corrected chi connectivity index (χ2v) is 8.93. The van der Waals surface area contributed by atoms with E-state index >= 15 is 0 Å². The van der Waals surface area contributed by atoms with E-state index in [9.17, 15) is 4.79 Å². The third-order valence-electron chi connectivity index (χ3n) is 4.12. The Morgan fingerprint density at radius 2 is 1.83 bits per heavy atom. The number of anilines is 4. The van der Waals surface area contributed by atoms with Crippen molar-refractivity contribution in [3.63, 3.8) is 0 Å². The molecule has 2 N–H and O–H groups in total. The Hall–Kier alpha value is -2.84. The number of nitrogens with zero attached hydrogens (tertiary/aromatic N) is 3. The topological polar surface area (TPSA) is 70.2 Å². The minimum Gasteiger partial charge on any atom is -0.357 e. The first-order valence-electron chi connectivity index (χ1n) is 9.62. The number of carbonyl (C=O) groups is 1. The fourth-order valence-corrected chi connectivity index (χ4v) is 4.43. The fraction of sp³-hybridized carbons (Fsp3) is 0.227. The first-order chi connectivity index (χ1) is 14.6. The molecule has 0 bridgehead atoms. The normalized spacial score (nSPS) is 10.6. The average Bonchev–Trinajstić information content (AvgIpc) is 3.20. The molecule has 156 valence electrons. The van der Waals surface area contributed by atoms with Crippen LogP contribution in [0.4, 0.5) is 22.2 Å². The molecule has 30 heavy (non-hydrogen) atoms. The number of amides is 1. The van der Waals surface area contributed by atoms with E-state index < -0.39 is 0 Å². The molecule has 2 aromatic carbocycles. The van der Waals surface area contributed by atoms with Gasteiger partial charge in [-0.15, -0.1) is 16.8 Å². The van der Waals surface area contributed by atoms with Crippen LogP contribution in [0.15, 0.2) is 71.6 Å². The van der Waals surface area contributed by atoms with Crippen LogP contribution in [0.5, 0.6) is 0 Å². The second-order valence-electron chi connectivity index (χ2n) is 6.73. The van der Waals surface area contributed by atoms with Crippen molar-refractivity contribution in [3.05, 3.63) is 67.3 Å². The quantitative estimate of drug-likeness (QED) is 0.325. The van der Waals surface area contributed by atoms with Crippen LogP contribution in [0.1, 0.15) is 13.8 Å². The van der Waals surface area contributed by atoms with Crippen LogP contribution in [0, 0.1) is 0 Å². The summed E-state index contributed by atoms with van der Waals surface area (Å²) >= 11 is 2.84. The molecule has 3 rings (SSSR count). The van der Waals surface area contributed by atoms with Gasteiger partial charge >= 0.3 is 0 Å². The number of benzene rings is 2. The lowest BCUT2D eigenvalue weighted by Crippen LogP contribution is -2.38. The third kappa shape index (κ3) is 6.08. The van der Waals surface area contributed by atoms with Crippen LogP contribution in [0.2, 0.25) is 0 Å². The van der Waals surface area contributed by atoms with Gasteiger partial charge in [0.2, 0.25) is 11.0 Å². The van der Waals surface area contributed by atoms with Gasteiger partial charge in [0.1, 0.15) is 0 Å². The number of carbonyl (C=O) groups excluding carboxylic acids is 1. The molecule has 1 heterocycles. The van der Waals surface area contributed by atoms with Crippen molar-refractivity contribution in [1.29, 1.82) is 0 Å². The summed E-state index contributed by atoms with van der Waals surface area (Å²) in [5, 5.41) is 15.4. The van der Waals surface area contributed by atoms with E-state index in [4.69, 9.17) is 0 Å². The predicted octanol–water partition coefficient (Wildman–Crippen LogP) is 5.41. The monoisotopic (exact) mass is 439 g/mol. The number of rotatable bonds is 10. The van der Waals surface area contributed by atoms with Crippen LogP contribution in [0.25, 0.3) is 0 Å². The zero-order valence-corrected chi connectivity index (χ0v) is 18.7. The lowest BCUT2D eigenvalue weighted by Gasteiger charge is -2.27. The molecule has 3 aromatic rings. The maximum absolute atomic E-state index is 12.9. The van der Waals surface area contributed by atoms with Crippen molar-refractivity contribution in [2.24, 2.45) is 0 Å². The highest BCUT2D eigenvalue weighted by Gasteiger charge is 2.20. The third-order valence-corrected chi connectivity index (χ3v) is 6.12. The minimum atomic E-state index is 0.0366. The first kappa shape index (κ1) is 21.9. The van der Waals surface area contributed by atoms with Crippen LogP contribution in [-0.2, 0) is 4.79 Å². The Labute approximate surface area is 185 Å². The van der Waals surface area contributed by atoms with Crippen molar-refractivity contribution in [2.75, 3.05) is 27.8 Å². The van der Waals surface area contributed by atoms with Crippen molar-refractivity contribution >= 4 is 51.2 Å². The van der Waals surface area contributed by atoms with Gasteiger partial charge in [0, 0.05) is 29.6 Å². The Morgan fingerprint density at radius 1 is 1.13 bits per heavy atom. The molecule has 0 fully saturated rings. The molecule has 0 radical (unpaired) electrons. The Morgan fingerprint density at radius 3 is 2.50 bits per heavy atom. The van der Waals surface area contributed by atoms with E-state index in [1.54, 1.807) is 6.08 Å². The second kappa shape index (κ2) is 10.8. The summed E-state index contributed by atoms with van der Waals surface area (Å²) in [4.78, 5) is 14.7. The highest BCUT2D eigenvalue weighted by atomic mass is 32.2. The molecule has 1 amide bonds. The van der Waals surface area contributed by atoms with Gasteiger partial charge in [0.15, 0.2) is 4.34 Å². The summed E-state index contributed by atoms with van der Waals surface area (Å²) < 4.78 is 0.765. The van der Waals surface area contributed by atoms with Gasteiger partial charge in [0.05, 0.1) is 5.75 Å². The van der Waals surface area contributed by atoms with Gasteiger partial charge in [-0.1, -0.05) is 47.4 Å². The van der Waals surface area contributed by atoms with Crippen LogP contribution < -0.4 is 15.5 Å². The summed E-state index contributed by atoms with van der Waals surface area (Å²) in [7, 11) is 0. The number of nitrogens with one attached hydrogen (secondary N) is 2. The lowest BCUT2D eigenvalue weighted by molar-refractivity contribution is -0.116. The smallest absolute Gasteiger partial charge is 0.237 e. The van der Waals surface area contributed by atoms with Gasteiger partial charge < -0.3 is 15.5 Å². The van der Waals surface area contributed by atoms with Crippen molar-refractivity contribution in [1.82, 2.24) is 10.2 Å². The molecule has 0 unspecified atom stereocenters. The van der Waals surface area contributed by atoms with E-state index in [-0.39, 0.29) is 11.9 Å². The highest BCUT2D eigenvalue weighted by Crippen LogP contribution is 2.28. The van der Waals surface area contributed by atoms with E-state index in [0.29, 0.717) is 12.3 Å². The first-order valence-corrected chi connectivity index (χ1v) is 11.4. The molecule has 8 heteroatoms. The number of thioether (sulfide) groups is 1. The van der Waals surface area contributed by atoms with Gasteiger partial charge in [0.25, 0.3) is 0 Å². The Bertz CT molecular complexity index is 957. The van der Waals surface area contributed by atoms with Crippen LogP contribution in [-0.4, -0.2) is 34.4 Å². The highest BCUT2D eigenvalue weighted by molar-refractivity contribution is 8.01. The zero-order chi connectivity index (χ0) is 21.3. The molecule has 0 aliphatic carbocycles. The fourth-order valence-electron chi connectivity index (χ4n) is 2.82. The van der Waals surface area contributed by atoms with Gasteiger partial charge in [-0.25, -0.2) is 0 Å². The lowest BCUT2D eigenvalue weighted by atomic mass is 10.2. The number of para-hydroxylation sites is 1. The maximum Gasteiger partial charge on any atom is 0.237 e.